The fourth-order valence-electron chi connectivity index (χ4n) is 1.68. The zero-order valence-electron chi connectivity index (χ0n) is 11.7. The molecule has 0 saturated heterocycles. The first-order valence-electron chi connectivity index (χ1n) is 6.49. The summed E-state index contributed by atoms with van der Waals surface area (Å²) in [6.45, 7) is 2.18. The van der Waals surface area contributed by atoms with Crippen molar-refractivity contribution in [3.63, 3.8) is 0 Å². The fraction of sp³-hybridized carbons (Fsp3) is 0.188. The van der Waals surface area contributed by atoms with Crippen LogP contribution in [-0.4, -0.2) is 17.5 Å². The lowest BCUT2D eigenvalue weighted by Crippen LogP contribution is -2.28. The molecule has 2 aromatic rings. The number of amides is 1. The molecule has 0 unspecified atom stereocenters. The molecular weight excluding hydrogens is 266 g/mol. The van der Waals surface area contributed by atoms with Crippen LogP contribution in [0.15, 0.2) is 42.6 Å². The van der Waals surface area contributed by atoms with Gasteiger partial charge in [0.05, 0.1) is 5.56 Å². The number of pyridine rings is 1. The van der Waals surface area contributed by atoms with E-state index < -0.39 is 0 Å². The van der Waals surface area contributed by atoms with E-state index in [1.807, 2.05) is 25.1 Å². The van der Waals surface area contributed by atoms with Gasteiger partial charge in [0.2, 0.25) is 0 Å². The van der Waals surface area contributed by atoms with Crippen LogP contribution in [0.5, 0.6) is 5.75 Å². The maximum atomic E-state index is 11.7. The third kappa shape index (κ3) is 4.32. The lowest BCUT2D eigenvalue weighted by molar-refractivity contribution is -0.123. The topological polar surface area (TPSA) is 75.0 Å². The van der Waals surface area contributed by atoms with Gasteiger partial charge in [-0.15, -0.1) is 0 Å². The molecular formula is C16H15N3O2. The molecule has 1 aromatic carbocycles. The second-order valence-electron chi connectivity index (χ2n) is 4.48. The van der Waals surface area contributed by atoms with Gasteiger partial charge in [0.15, 0.2) is 6.61 Å². The van der Waals surface area contributed by atoms with Gasteiger partial charge >= 0.3 is 0 Å². The number of carbonyl (C=O) groups is 1. The number of aryl methyl sites for hydroxylation is 1. The highest BCUT2D eigenvalue weighted by Crippen LogP contribution is 2.16. The van der Waals surface area contributed by atoms with Gasteiger partial charge in [-0.25, -0.2) is 0 Å². The third-order valence-electron chi connectivity index (χ3n) is 2.83. The van der Waals surface area contributed by atoms with Crippen LogP contribution < -0.4 is 10.1 Å². The molecule has 1 N–H and O–H groups in total. The molecule has 1 amide bonds. The Morgan fingerprint density at radius 2 is 2.14 bits per heavy atom. The van der Waals surface area contributed by atoms with E-state index in [0.717, 1.165) is 11.3 Å². The number of benzene rings is 1. The SMILES string of the molecule is Cc1ccc(CNC(=O)COc2ccccc2C#N)cn1. The number of carbonyl (C=O) groups excluding carboxylic acids is 1. The molecule has 1 aromatic heterocycles. The van der Waals surface area contributed by atoms with Gasteiger partial charge in [-0.1, -0.05) is 18.2 Å². The summed E-state index contributed by atoms with van der Waals surface area (Å²) in [5, 5.41) is 11.7. The molecule has 21 heavy (non-hydrogen) atoms. The lowest BCUT2D eigenvalue weighted by Gasteiger charge is -2.08. The minimum atomic E-state index is -0.247. The van der Waals surface area contributed by atoms with Crippen molar-refractivity contribution in [3.05, 3.63) is 59.4 Å². The second-order valence-corrected chi connectivity index (χ2v) is 4.48. The van der Waals surface area contributed by atoms with Gasteiger partial charge in [0, 0.05) is 18.4 Å². The minimum absolute atomic E-state index is 0.127. The number of nitriles is 1. The van der Waals surface area contributed by atoms with Gasteiger partial charge in [-0.2, -0.15) is 5.26 Å². The minimum Gasteiger partial charge on any atom is -0.482 e. The summed E-state index contributed by atoms with van der Waals surface area (Å²) in [6.07, 6.45) is 1.72. The third-order valence-corrected chi connectivity index (χ3v) is 2.83. The molecule has 0 saturated carbocycles. The Kier molecular flexibility index (Phi) is 4.89. The van der Waals surface area contributed by atoms with E-state index in [4.69, 9.17) is 10.00 Å². The molecule has 5 heteroatoms. The number of hydrogen-bond acceptors (Lipinski definition) is 4. The van der Waals surface area contributed by atoms with Crippen molar-refractivity contribution in [2.45, 2.75) is 13.5 Å². The van der Waals surface area contributed by atoms with Crippen molar-refractivity contribution in [2.75, 3.05) is 6.61 Å². The highest BCUT2D eigenvalue weighted by molar-refractivity contribution is 5.77. The van der Waals surface area contributed by atoms with Crippen LogP contribution in [0, 0.1) is 18.3 Å². The van der Waals surface area contributed by atoms with Gasteiger partial charge in [0.1, 0.15) is 11.8 Å². The molecule has 0 aliphatic carbocycles. The van der Waals surface area contributed by atoms with Crippen LogP contribution in [0.4, 0.5) is 0 Å². The van der Waals surface area contributed by atoms with Crippen molar-refractivity contribution in [3.8, 4) is 11.8 Å². The van der Waals surface area contributed by atoms with Crippen LogP contribution >= 0.6 is 0 Å². The Balaban J connectivity index is 1.82. The standard InChI is InChI=1S/C16H15N3O2/c1-12-6-7-13(9-18-12)10-19-16(20)11-21-15-5-3-2-4-14(15)8-17/h2-7,9H,10-11H2,1H3,(H,19,20). The van der Waals surface area contributed by atoms with E-state index in [0.29, 0.717) is 17.9 Å². The number of ether oxygens (including phenoxy) is 1. The van der Waals surface area contributed by atoms with Crippen molar-refractivity contribution in [2.24, 2.45) is 0 Å². The molecule has 0 aliphatic heterocycles. The van der Waals surface area contributed by atoms with Crippen LogP contribution in [-0.2, 0) is 11.3 Å². The molecule has 1 heterocycles. The molecule has 0 bridgehead atoms. The van der Waals surface area contributed by atoms with Gasteiger partial charge in [-0.3, -0.25) is 9.78 Å². The Morgan fingerprint density at radius 1 is 1.33 bits per heavy atom. The van der Waals surface area contributed by atoms with Crippen molar-refractivity contribution < 1.29 is 9.53 Å². The summed E-state index contributed by atoms with van der Waals surface area (Å²) < 4.78 is 5.35. The van der Waals surface area contributed by atoms with Gasteiger partial charge < -0.3 is 10.1 Å². The summed E-state index contributed by atoms with van der Waals surface area (Å²) >= 11 is 0. The Hall–Kier alpha value is -2.87. The van der Waals surface area contributed by atoms with Crippen LogP contribution in [0.25, 0.3) is 0 Å². The number of nitrogens with one attached hydrogen (secondary N) is 1. The summed E-state index contributed by atoms with van der Waals surface area (Å²) in [4.78, 5) is 15.9. The summed E-state index contributed by atoms with van der Waals surface area (Å²) in [7, 11) is 0. The largest absolute Gasteiger partial charge is 0.482 e. The molecule has 0 radical (unpaired) electrons. The van der Waals surface area contributed by atoms with Crippen LogP contribution in [0.1, 0.15) is 16.8 Å². The van der Waals surface area contributed by atoms with Crippen LogP contribution in [0.3, 0.4) is 0 Å². The molecule has 2 rings (SSSR count). The van der Waals surface area contributed by atoms with E-state index in [-0.39, 0.29) is 12.5 Å². The zero-order valence-corrected chi connectivity index (χ0v) is 11.7. The molecule has 0 fully saturated rings. The van der Waals surface area contributed by atoms with E-state index in [2.05, 4.69) is 10.3 Å². The maximum absolute atomic E-state index is 11.7. The van der Waals surface area contributed by atoms with Crippen molar-refractivity contribution >= 4 is 5.91 Å². The average Bonchev–Trinajstić information content (AvgIpc) is 2.52. The van der Waals surface area contributed by atoms with E-state index >= 15 is 0 Å². The number of rotatable bonds is 5. The molecule has 5 nitrogen and oxygen atoms in total. The highest BCUT2D eigenvalue weighted by Gasteiger charge is 2.06. The average molecular weight is 281 g/mol. The predicted octanol–water partition coefficient (Wildman–Crippen LogP) is 1.96. The zero-order chi connectivity index (χ0) is 15.1. The summed E-state index contributed by atoms with van der Waals surface area (Å²) in [6, 6.07) is 12.6. The normalized spacial score (nSPS) is 9.71. The number of nitrogens with zero attached hydrogens (tertiary/aromatic N) is 2. The number of para-hydroxylation sites is 1. The monoisotopic (exact) mass is 281 g/mol. The maximum Gasteiger partial charge on any atom is 0.258 e. The molecule has 106 valence electrons. The first kappa shape index (κ1) is 14.5. The van der Waals surface area contributed by atoms with E-state index in [1.54, 1.807) is 30.5 Å². The van der Waals surface area contributed by atoms with Gasteiger partial charge in [-0.05, 0) is 30.7 Å². The lowest BCUT2D eigenvalue weighted by atomic mass is 10.2. The predicted molar refractivity (Wildman–Crippen MR) is 77.5 cm³/mol. The fourth-order valence-corrected chi connectivity index (χ4v) is 1.68. The number of hydrogen-bond donors (Lipinski definition) is 1. The summed E-state index contributed by atoms with van der Waals surface area (Å²) in [5.41, 5.74) is 2.26. The molecule has 0 atom stereocenters. The van der Waals surface area contributed by atoms with Crippen molar-refractivity contribution in [1.82, 2.24) is 10.3 Å². The molecule has 0 aliphatic rings. The quantitative estimate of drug-likeness (QED) is 0.909. The molecule has 0 spiro atoms. The first-order chi connectivity index (χ1) is 10.2. The number of aromatic nitrogens is 1. The van der Waals surface area contributed by atoms with E-state index in [9.17, 15) is 4.79 Å². The van der Waals surface area contributed by atoms with E-state index in [1.165, 1.54) is 0 Å². The Morgan fingerprint density at radius 3 is 2.86 bits per heavy atom. The Labute approximate surface area is 123 Å². The van der Waals surface area contributed by atoms with Gasteiger partial charge in [0.25, 0.3) is 5.91 Å². The van der Waals surface area contributed by atoms with Crippen LogP contribution in [0.2, 0.25) is 0 Å². The first-order valence-corrected chi connectivity index (χ1v) is 6.49. The Bertz CT molecular complexity index is 660. The smallest absolute Gasteiger partial charge is 0.258 e. The van der Waals surface area contributed by atoms with Crippen molar-refractivity contribution in [1.29, 1.82) is 5.26 Å². The highest BCUT2D eigenvalue weighted by atomic mass is 16.5. The second kappa shape index (κ2) is 7.06. The summed E-state index contributed by atoms with van der Waals surface area (Å²) in [5.74, 6) is 0.162.